The Hall–Kier alpha value is -1.26. The molecule has 0 radical (unpaired) electrons. The summed E-state index contributed by atoms with van der Waals surface area (Å²) in [4.78, 5) is 0. The lowest BCUT2D eigenvalue weighted by Crippen LogP contribution is -2.37. The molecule has 0 saturated heterocycles. The van der Waals surface area contributed by atoms with Crippen LogP contribution in [0, 0.1) is 5.92 Å². The zero-order valence-electron chi connectivity index (χ0n) is 13.5. The number of hydrogen-bond acceptors (Lipinski definition) is 4. The standard InChI is InChI=1S/C17H27NO3/c1-12(2)17(3,19)11-21-15-8-5-13(9-16(15)20-4)10-18-14-6-7-14/h5,8-9,12,14,18-19H,6-7,10-11H2,1-4H3. The Morgan fingerprint density at radius 3 is 2.62 bits per heavy atom. The molecule has 0 heterocycles. The van der Waals surface area contributed by atoms with Gasteiger partial charge in [0.05, 0.1) is 12.7 Å². The van der Waals surface area contributed by atoms with Gasteiger partial charge in [0.15, 0.2) is 11.5 Å². The summed E-state index contributed by atoms with van der Waals surface area (Å²) in [5, 5.41) is 13.7. The molecule has 1 atom stereocenters. The van der Waals surface area contributed by atoms with Crippen molar-refractivity contribution in [2.45, 2.75) is 51.8 Å². The van der Waals surface area contributed by atoms with Gasteiger partial charge < -0.3 is 19.9 Å². The van der Waals surface area contributed by atoms with Crippen molar-refractivity contribution in [2.24, 2.45) is 5.92 Å². The Morgan fingerprint density at radius 1 is 1.33 bits per heavy atom. The summed E-state index contributed by atoms with van der Waals surface area (Å²) in [5.41, 5.74) is 0.332. The van der Waals surface area contributed by atoms with Gasteiger partial charge >= 0.3 is 0 Å². The average Bonchev–Trinajstić information content (AvgIpc) is 3.27. The Kier molecular flexibility index (Phi) is 5.12. The molecule has 1 fully saturated rings. The lowest BCUT2D eigenvalue weighted by molar-refractivity contribution is -0.0271. The second-order valence-corrected chi connectivity index (χ2v) is 6.44. The fraction of sp³-hybridized carbons (Fsp3) is 0.647. The van der Waals surface area contributed by atoms with Crippen molar-refractivity contribution in [3.63, 3.8) is 0 Å². The molecule has 1 saturated carbocycles. The van der Waals surface area contributed by atoms with Gasteiger partial charge in [-0.15, -0.1) is 0 Å². The Labute approximate surface area is 127 Å². The van der Waals surface area contributed by atoms with Crippen LogP contribution in [0.2, 0.25) is 0 Å². The molecule has 2 N–H and O–H groups in total. The van der Waals surface area contributed by atoms with E-state index < -0.39 is 5.60 Å². The topological polar surface area (TPSA) is 50.7 Å². The number of methoxy groups -OCH3 is 1. The number of ether oxygens (including phenoxy) is 2. The van der Waals surface area contributed by atoms with Gasteiger partial charge in [-0.2, -0.15) is 0 Å². The molecular formula is C17H27NO3. The molecule has 4 heteroatoms. The molecule has 2 rings (SSSR count). The zero-order valence-corrected chi connectivity index (χ0v) is 13.5. The summed E-state index contributed by atoms with van der Waals surface area (Å²) in [7, 11) is 1.64. The van der Waals surface area contributed by atoms with Crippen LogP contribution in [0.1, 0.15) is 39.2 Å². The normalized spacial score (nSPS) is 17.6. The highest BCUT2D eigenvalue weighted by Gasteiger charge is 2.26. The average molecular weight is 293 g/mol. The molecule has 1 aliphatic rings. The van der Waals surface area contributed by atoms with Gasteiger partial charge in [-0.1, -0.05) is 19.9 Å². The first-order valence-electron chi connectivity index (χ1n) is 7.68. The number of aliphatic hydroxyl groups is 1. The maximum Gasteiger partial charge on any atom is 0.161 e. The number of rotatable bonds is 8. The van der Waals surface area contributed by atoms with Crippen molar-refractivity contribution >= 4 is 0 Å². The highest BCUT2D eigenvalue weighted by molar-refractivity contribution is 5.43. The summed E-state index contributed by atoms with van der Waals surface area (Å²) in [6.07, 6.45) is 2.56. The maximum atomic E-state index is 10.2. The van der Waals surface area contributed by atoms with Crippen LogP contribution in [0.5, 0.6) is 11.5 Å². The van der Waals surface area contributed by atoms with Gasteiger partial charge in [0.1, 0.15) is 6.61 Å². The molecule has 1 aromatic carbocycles. The fourth-order valence-electron chi connectivity index (χ4n) is 1.88. The zero-order chi connectivity index (χ0) is 15.5. The van der Waals surface area contributed by atoms with Gasteiger partial charge in [0.2, 0.25) is 0 Å². The third kappa shape index (κ3) is 4.61. The third-order valence-corrected chi connectivity index (χ3v) is 4.16. The summed E-state index contributed by atoms with van der Waals surface area (Å²) in [6, 6.07) is 6.64. The van der Waals surface area contributed by atoms with Gasteiger partial charge in [-0.05, 0) is 43.4 Å². The summed E-state index contributed by atoms with van der Waals surface area (Å²) in [5.74, 6) is 1.52. The second-order valence-electron chi connectivity index (χ2n) is 6.44. The van der Waals surface area contributed by atoms with Crippen molar-refractivity contribution in [1.82, 2.24) is 5.32 Å². The molecular weight excluding hydrogens is 266 g/mol. The first-order valence-corrected chi connectivity index (χ1v) is 7.68. The predicted octanol–water partition coefficient (Wildman–Crippen LogP) is 2.73. The second kappa shape index (κ2) is 6.67. The van der Waals surface area contributed by atoms with Gasteiger partial charge in [0, 0.05) is 12.6 Å². The smallest absolute Gasteiger partial charge is 0.161 e. The van der Waals surface area contributed by atoms with Crippen molar-refractivity contribution < 1.29 is 14.6 Å². The van der Waals surface area contributed by atoms with Crippen LogP contribution < -0.4 is 14.8 Å². The molecule has 0 aromatic heterocycles. The van der Waals surface area contributed by atoms with Crippen LogP contribution >= 0.6 is 0 Å². The molecule has 21 heavy (non-hydrogen) atoms. The summed E-state index contributed by atoms with van der Waals surface area (Å²) >= 11 is 0. The number of nitrogens with one attached hydrogen (secondary N) is 1. The van der Waals surface area contributed by atoms with E-state index in [0.29, 0.717) is 17.5 Å². The Bertz CT molecular complexity index is 467. The van der Waals surface area contributed by atoms with E-state index in [1.54, 1.807) is 14.0 Å². The molecule has 1 unspecified atom stereocenters. The third-order valence-electron chi connectivity index (χ3n) is 4.16. The monoisotopic (exact) mass is 293 g/mol. The fourth-order valence-corrected chi connectivity index (χ4v) is 1.88. The molecule has 1 aromatic rings. The van der Waals surface area contributed by atoms with Crippen molar-refractivity contribution in [1.29, 1.82) is 0 Å². The van der Waals surface area contributed by atoms with Crippen LogP contribution in [0.4, 0.5) is 0 Å². The quantitative estimate of drug-likeness (QED) is 0.774. The minimum atomic E-state index is -0.850. The van der Waals surface area contributed by atoms with Crippen molar-refractivity contribution in [3.8, 4) is 11.5 Å². The van der Waals surface area contributed by atoms with E-state index in [-0.39, 0.29) is 12.5 Å². The molecule has 0 aliphatic heterocycles. The predicted molar refractivity (Wildman–Crippen MR) is 83.8 cm³/mol. The van der Waals surface area contributed by atoms with E-state index in [2.05, 4.69) is 5.32 Å². The SMILES string of the molecule is COc1cc(CNC2CC2)ccc1OCC(C)(O)C(C)C. The molecule has 0 spiro atoms. The van der Waals surface area contributed by atoms with E-state index >= 15 is 0 Å². The number of benzene rings is 1. The van der Waals surface area contributed by atoms with Crippen LogP contribution in [0.15, 0.2) is 18.2 Å². The summed E-state index contributed by atoms with van der Waals surface area (Å²) in [6.45, 7) is 6.85. The van der Waals surface area contributed by atoms with Gasteiger partial charge in [-0.3, -0.25) is 0 Å². The Balaban J connectivity index is 1.98. The molecule has 118 valence electrons. The lowest BCUT2D eigenvalue weighted by atomic mass is 9.94. The van der Waals surface area contributed by atoms with E-state index in [1.165, 1.54) is 18.4 Å². The van der Waals surface area contributed by atoms with Gasteiger partial charge in [0.25, 0.3) is 0 Å². The van der Waals surface area contributed by atoms with Crippen LogP contribution in [0.25, 0.3) is 0 Å². The first-order chi connectivity index (χ1) is 9.92. The molecule has 4 nitrogen and oxygen atoms in total. The van der Waals surface area contributed by atoms with Crippen LogP contribution in [-0.4, -0.2) is 30.5 Å². The molecule has 0 amide bonds. The summed E-state index contributed by atoms with van der Waals surface area (Å²) < 4.78 is 11.2. The van der Waals surface area contributed by atoms with Crippen molar-refractivity contribution in [2.75, 3.05) is 13.7 Å². The van der Waals surface area contributed by atoms with E-state index in [1.807, 2.05) is 32.0 Å². The largest absolute Gasteiger partial charge is 0.493 e. The van der Waals surface area contributed by atoms with E-state index in [4.69, 9.17) is 9.47 Å². The minimum Gasteiger partial charge on any atom is -0.493 e. The van der Waals surface area contributed by atoms with E-state index in [9.17, 15) is 5.11 Å². The molecule has 1 aliphatic carbocycles. The Morgan fingerprint density at radius 2 is 2.05 bits per heavy atom. The molecule has 0 bridgehead atoms. The van der Waals surface area contributed by atoms with E-state index in [0.717, 1.165) is 6.54 Å². The van der Waals surface area contributed by atoms with Crippen LogP contribution in [0.3, 0.4) is 0 Å². The number of hydrogen-bond donors (Lipinski definition) is 2. The minimum absolute atomic E-state index is 0.130. The van der Waals surface area contributed by atoms with Gasteiger partial charge in [-0.25, -0.2) is 0 Å². The highest BCUT2D eigenvalue weighted by atomic mass is 16.5. The maximum absolute atomic E-state index is 10.2. The lowest BCUT2D eigenvalue weighted by Gasteiger charge is -2.27. The van der Waals surface area contributed by atoms with Crippen molar-refractivity contribution in [3.05, 3.63) is 23.8 Å². The first kappa shape index (κ1) is 16.1. The highest BCUT2D eigenvalue weighted by Crippen LogP contribution is 2.30. The van der Waals surface area contributed by atoms with Crippen LogP contribution in [-0.2, 0) is 6.54 Å².